The van der Waals surface area contributed by atoms with Gasteiger partial charge in [-0.15, -0.1) is 0 Å². The summed E-state index contributed by atoms with van der Waals surface area (Å²) >= 11 is 0. The van der Waals surface area contributed by atoms with E-state index in [9.17, 15) is 4.79 Å². The van der Waals surface area contributed by atoms with Crippen molar-refractivity contribution in [3.05, 3.63) is 0 Å². The van der Waals surface area contributed by atoms with Gasteiger partial charge in [0.05, 0.1) is 0 Å². The molecule has 0 saturated heterocycles. The highest BCUT2D eigenvalue weighted by Crippen LogP contribution is 1.98. The number of rotatable bonds is 8. The van der Waals surface area contributed by atoms with Gasteiger partial charge in [-0.25, -0.2) is 9.68 Å². The maximum Gasteiger partial charge on any atom is 0.407 e. The highest BCUT2D eigenvalue weighted by atomic mass is 17.1. The summed E-state index contributed by atoms with van der Waals surface area (Å²) in [7, 11) is 0. The largest absolute Gasteiger partial charge is 0.448 e. The first-order valence-electron chi connectivity index (χ1n) is 4.87. The van der Waals surface area contributed by atoms with Crippen molar-refractivity contribution in [3.8, 4) is 0 Å². The molecular weight excluding hydrogens is 202 g/mol. The lowest BCUT2D eigenvalue weighted by Gasteiger charge is -2.07. The highest BCUT2D eigenvalue weighted by Gasteiger charge is 2.02. The van der Waals surface area contributed by atoms with Gasteiger partial charge in [0.15, 0.2) is 0 Å². The Bertz CT molecular complexity index is 168. The Labute approximate surface area is 88.6 Å². The van der Waals surface area contributed by atoms with Gasteiger partial charge in [0.25, 0.3) is 0 Å². The fourth-order valence-electron chi connectivity index (χ4n) is 0.916. The number of hydrogen-bond donors (Lipinski definition) is 4. The average Bonchev–Trinajstić information content (AvgIpc) is 2.25. The number of amides is 1. The number of nitrogens with two attached hydrogens (primary N) is 2. The van der Waals surface area contributed by atoms with Crippen molar-refractivity contribution in [2.24, 2.45) is 11.5 Å². The van der Waals surface area contributed by atoms with Gasteiger partial charge in [0, 0.05) is 13.1 Å². The van der Waals surface area contributed by atoms with Crippen LogP contribution in [0.1, 0.15) is 19.3 Å². The Morgan fingerprint density at radius 1 is 1.47 bits per heavy atom. The van der Waals surface area contributed by atoms with E-state index >= 15 is 0 Å². The molecule has 0 aromatic heterocycles. The van der Waals surface area contributed by atoms with E-state index in [4.69, 9.17) is 16.7 Å². The fourth-order valence-corrected chi connectivity index (χ4v) is 0.916. The Kier molecular flexibility index (Phi) is 9.08. The summed E-state index contributed by atoms with van der Waals surface area (Å²) < 4.78 is 4.68. The molecular formula is C8H19N3O4. The fraction of sp³-hybridized carbons (Fsp3) is 0.875. The van der Waals surface area contributed by atoms with Crippen molar-refractivity contribution < 1.29 is 19.7 Å². The SMILES string of the molecule is NCCOC(=O)NCCCCC(N)OO. The lowest BCUT2D eigenvalue weighted by atomic mass is 10.2. The van der Waals surface area contributed by atoms with Crippen LogP contribution >= 0.6 is 0 Å². The van der Waals surface area contributed by atoms with Crippen molar-refractivity contribution in [2.75, 3.05) is 19.7 Å². The molecule has 0 aromatic rings. The highest BCUT2D eigenvalue weighted by molar-refractivity contribution is 5.66. The van der Waals surface area contributed by atoms with E-state index in [0.717, 1.165) is 12.8 Å². The Morgan fingerprint density at radius 3 is 2.80 bits per heavy atom. The summed E-state index contributed by atoms with van der Waals surface area (Å²) in [5.41, 5.74) is 10.4. The zero-order chi connectivity index (χ0) is 11.5. The van der Waals surface area contributed by atoms with Crippen LogP contribution in [0.15, 0.2) is 0 Å². The van der Waals surface area contributed by atoms with Gasteiger partial charge >= 0.3 is 6.09 Å². The number of unbranched alkanes of at least 4 members (excludes halogenated alkanes) is 1. The van der Waals surface area contributed by atoms with Gasteiger partial charge < -0.3 is 21.5 Å². The topological polar surface area (TPSA) is 120 Å². The second-order valence-corrected chi connectivity index (χ2v) is 2.99. The molecule has 0 aliphatic carbocycles. The summed E-state index contributed by atoms with van der Waals surface area (Å²) in [6.07, 6.45) is 0.904. The normalized spacial score (nSPS) is 12.2. The minimum absolute atomic E-state index is 0.217. The third-order valence-electron chi connectivity index (χ3n) is 1.67. The number of nitrogens with one attached hydrogen (secondary N) is 1. The van der Waals surface area contributed by atoms with Crippen LogP contribution in [0.25, 0.3) is 0 Å². The summed E-state index contributed by atoms with van der Waals surface area (Å²) in [4.78, 5) is 14.8. The molecule has 0 rings (SSSR count). The number of ether oxygens (including phenoxy) is 1. The summed E-state index contributed by atoms with van der Waals surface area (Å²) in [5, 5.41) is 10.7. The molecule has 0 aromatic carbocycles. The molecule has 0 heterocycles. The van der Waals surface area contributed by atoms with E-state index in [-0.39, 0.29) is 6.61 Å². The van der Waals surface area contributed by atoms with E-state index in [2.05, 4.69) is 14.9 Å². The van der Waals surface area contributed by atoms with Crippen LogP contribution in [0.4, 0.5) is 4.79 Å². The van der Waals surface area contributed by atoms with Crippen LogP contribution in [-0.2, 0) is 9.62 Å². The zero-order valence-corrected chi connectivity index (χ0v) is 8.65. The molecule has 0 bridgehead atoms. The first kappa shape index (κ1) is 14.1. The van der Waals surface area contributed by atoms with Gasteiger partial charge in [-0.3, -0.25) is 5.26 Å². The number of carbonyl (C=O) groups is 1. The maximum atomic E-state index is 10.9. The molecule has 0 spiro atoms. The van der Waals surface area contributed by atoms with Crippen molar-refractivity contribution in [2.45, 2.75) is 25.5 Å². The predicted octanol–water partition coefficient (Wildman–Crippen LogP) is -0.384. The van der Waals surface area contributed by atoms with Crippen LogP contribution in [0.5, 0.6) is 0 Å². The smallest absolute Gasteiger partial charge is 0.407 e. The zero-order valence-electron chi connectivity index (χ0n) is 8.65. The van der Waals surface area contributed by atoms with E-state index < -0.39 is 12.3 Å². The molecule has 6 N–H and O–H groups in total. The maximum absolute atomic E-state index is 10.9. The Hall–Kier alpha value is -0.890. The summed E-state index contributed by atoms with van der Waals surface area (Å²) in [6, 6.07) is 0. The standard InChI is InChI=1S/C8H19N3O4/c9-4-6-14-8(12)11-5-2-1-3-7(10)15-13/h7,13H,1-6,9-10H2,(H,11,12). The quantitative estimate of drug-likeness (QED) is 0.192. The first-order chi connectivity index (χ1) is 7.20. The van der Waals surface area contributed by atoms with Gasteiger partial charge in [-0.05, 0) is 19.3 Å². The molecule has 1 unspecified atom stereocenters. The van der Waals surface area contributed by atoms with E-state index in [1.54, 1.807) is 0 Å². The number of carbonyl (C=O) groups excluding carboxylic acids is 1. The summed E-state index contributed by atoms with van der Waals surface area (Å²) in [5.74, 6) is 0. The van der Waals surface area contributed by atoms with E-state index in [1.165, 1.54) is 0 Å². The third-order valence-corrected chi connectivity index (χ3v) is 1.67. The van der Waals surface area contributed by atoms with E-state index in [1.807, 2.05) is 0 Å². The van der Waals surface area contributed by atoms with Crippen LogP contribution < -0.4 is 16.8 Å². The number of alkyl carbamates (subject to hydrolysis) is 1. The first-order valence-corrected chi connectivity index (χ1v) is 4.87. The van der Waals surface area contributed by atoms with Crippen molar-refractivity contribution in [1.82, 2.24) is 5.32 Å². The van der Waals surface area contributed by atoms with Crippen molar-refractivity contribution >= 4 is 6.09 Å². The van der Waals surface area contributed by atoms with Gasteiger partial charge in [0.2, 0.25) is 0 Å². The molecule has 15 heavy (non-hydrogen) atoms. The molecule has 0 aliphatic rings. The second kappa shape index (κ2) is 9.66. The van der Waals surface area contributed by atoms with Gasteiger partial charge in [0.1, 0.15) is 12.8 Å². The molecule has 7 nitrogen and oxygen atoms in total. The van der Waals surface area contributed by atoms with E-state index in [0.29, 0.717) is 19.5 Å². The lowest BCUT2D eigenvalue weighted by Crippen LogP contribution is -2.28. The minimum Gasteiger partial charge on any atom is -0.448 e. The average molecular weight is 221 g/mol. The van der Waals surface area contributed by atoms with Crippen molar-refractivity contribution in [3.63, 3.8) is 0 Å². The van der Waals surface area contributed by atoms with Crippen LogP contribution in [0.2, 0.25) is 0 Å². The van der Waals surface area contributed by atoms with Gasteiger partial charge in [-0.2, -0.15) is 0 Å². The van der Waals surface area contributed by atoms with Gasteiger partial charge in [-0.1, -0.05) is 0 Å². The van der Waals surface area contributed by atoms with Crippen LogP contribution in [0.3, 0.4) is 0 Å². The molecule has 90 valence electrons. The van der Waals surface area contributed by atoms with Crippen molar-refractivity contribution in [1.29, 1.82) is 0 Å². The monoisotopic (exact) mass is 221 g/mol. The molecule has 0 saturated carbocycles. The molecule has 1 amide bonds. The Balaban J connectivity index is 3.19. The van der Waals surface area contributed by atoms with Crippen LogP contribution in [-0.4, -0.2) is 37.3 Å². The molecule has 7 heteroatoms. The molecule has 1 atom stereocenters. The summed E-state index contributed by atoms with van der Waals surface area (Å²) in [6.45, 7) is 1.03. The second-order valence-electron chi connectivity index (χ2n) is 2.99. The lowest BCUT2D eigenvalue weighted by molar-refractivity contribution is -0.278. The van der Waals surface area contributed by atoms with Crippen LogP contribution in [0, 0.1) is 0 Å². The predicted molar refractivity (Wildman–Crippen MR) is 53.9 cm³/mol. The minimum atomic E-state index is -0.658. The number of hydrogen-bond acceptors (Lipinski definition) is 6. The molecule has 0 fully saturated rings. The third kappa shape index (κ3) is 9.42. The molecule has 0 aliphatic heterocycles. The Morgan fingerprint density at radius 2 is 2.20 bits per heavy atom. The molecule has 0 radical (unpaired) electrons.